The number of nitrogens with two attached hydrogens (primary N) is 1. The molecule has 1 aliphatic rings. The maximum atomic E-state index is 13.8. The van der Waals surface area contributed by atoms with Crippen molar-refractivity contribution >= 4 is 34.1 Å². The monoisotopic (exact) mass is 446 g/mol. The quantitative estimate of drug-likeness (QED) is 0.552. The first-order chi connectivity index (χ1) is 14.7. The minimum absolute atomic E-state index is 0.0291. The molecule has 1 saturated heterocycles. The zero-order valence-electron chi connectivity index (χ0n) is 16.5. The van der Waals surface area contributed by atoms with Gasteiger partial charge in [-0.3, -0.25) is 0 Å². The number of aromatic nitrogens is 3. The second kappa shape index (κ2) is 7.85. The molecule has 3 heterocycles. The molecule has 0 saturated carbocycles. The molecule has 2 aromatic heterocycles. The van der Waals surface area contributed by atoms with Crippen LogP contribution in [0.3, 0.4) is 0 Å². The predicted molar refractivity (Wildman–Crippen MR) is 114 cm³/mol. The summed E-state index contributed by atoms with van der Waals surface area (Å²) in [6.45, 7) is 9.91. The Bertz CT molecular complexity index is 1200. The first-order valence-electron chi connectivity index (χ1n) is 9.59. The maximum absolute atomic E-state index is 13.8. The lowest BCUT2D eigenvalue weighted by molar-refractivity contribution is -0.137. The number of piperidine rings is 1. The van der Waals surface area contributed by atoms with Crippen molar-refractivity contribution in [2.75, 3.05) is 23.7 Å². The lowest BCUT2D eigenvalue weighted by atomic mass is 9.99. The number of benzene rings is 1. The van der Waals surface area contributed by atoms with Crippen LogP contribution in [0.25, 0.3) is 27.0 Å². The van der Waals surface area contributed by atoms with Crippen LogP contribution in [0, 0.1) is 13.5 Å². The Morgan fingerprint density at radius 1 is 1.26 bits per heavy atom. The van der Waals surface area contributed by atoms with Gasteiger partial charge in [0, 0.05) is 23.9 Å². The van der Waals surface area contributed by atoms with Crippen molar-refractivity contribution in [3.8, 4) is 11.3 Å². The summed E-state index contributed by atoms with van der Waals surface area (Å²) in [6.07, 6.45) is -1.59. The Morgan fingerprint density at radius 2 is 2.03 bits per heavy atom. The third kappa shape index (κ3) is 3.95. The lowest BCUT2D eigenvalue weighted by Crippen LogP contribution is -2.37. The number of hydrogen-bond donors (Lipinski definition) is 1. The van der Waals surface area contributed by atoms with Gasteiger partial charge in [0.2, 0.25) is 6.04 Å². The normalized spacial score (nSPS) is 17.0. The van der Waals surface area contributed by atoms with E-state index in [9.17, 15) is 13.2 Å². The van der Waals surface area contributed by atoms with Crippen LogP contribution in [0.5, 0.6) is 0 Å². The Hall–Kier alpha value is -3.12. The Kier molecular flexibility index (Phi) is 5.35. The van der Waals surface area contributed by atoms with Crippen LogP contribution in [0.4, 0.5) is 24.8 Å². The van der Waals surface area contributed by atoms with Crippen molar-refractivity contribution < 1.29 is 13.2 Å². The zero-order chi connectivity index (χ0) is 22.3. The smallest absolute Gasteiger partial charge is 0.384 e. The molecule has 10 heteroatoms. The van der Waals surface area contributed by atoms with Crippen LogP contribution in [-0.4, -0.2) is 34.1 Å². The fraction of sp³-hybridized carbons (Fsp3) is 0.333. The summed E-state index contributed by atoms with van der Waals surface area (Å²) in [5, 5.41) is 0.696. The Morgan fingerprint density at radius 3 is 2.74 bits per heavy atom. The van der Waals surface area contributed by atoms with Gasteiger partial charge < -0.3 is 15.5 Å². The van der Waals surface area contributed by atoms with Gasteiger partial charge in [-0.25, -0.2) is 21.5 Å². The van der Waals surface area contributed by atoms with E-state index in [-0.39, 0.29) is 33.7 Å². The van der Waals surface area contributed by atoms with Gasteiger partial charge in [-0.1, -0.05) is 11.6 Å². The van der Waals surface area contributed by atoms with Crippen molar-refractivity contribution in [3.05, 3.63) is 52.1 Å². The maximum Gasteiger partial charge on any atom is 0.418 e. The molecule has 1 fully saturated rings. The van der Waals surface area contributed by atoms with Gasteiger partial charge in [-0.15, -0.1) is 0 Å². The summed E-state index contributed by atoms with van der Waals surface area (Å²) in [5.74, 6) is 0.582. The average molecular weight is 447 g/mol. The molecule has 31 heavy (non-hydrogen) atoms. The fourth-order valence-corrected chi connectivity index (χ4v) is 4.25. The third-order valence-corrected chi connectivity index (χ3v) is 5.67. The van der Waals surface area contributed by atoms with Gasteiger partial charge in [0.25, 0.3) is 0 Å². The Balaban J connectivity index is 1.89. The van der Waals surface area contributed by atoms with Crippen molar-refractivity contribution in [1.82, 2.24) is 15.0 Å². The molecular formula is C21H18ClF3N6. The zero-order valence-corrected chi connectivity index (χ0v) is 17.3. The van der Waals surface area contributed by atoms with Gasteiger partial charge in [0.05, 0.1) is 28.3 Å². The van der Waals surface area contributed by atoms with Crippen LogP contribution < -0.4 is 10.6 Å². The summed E-state index contributed by atoms with van der Waals surface area (Å²) in [7, 11) is 0. The third-order valence-electron chi connectivity index (χ3n) is 5.36. The van der Waals surface area contributed by atoms with Crippen LogP contribution in [0.15, 0.2) is 24.5 Å². The van der Waals surface area contributed by atoms with E-state index < -0.39 is 11.7 Å². The minimum Gasteiger partial charge on any atom is -0.384 e. The summed E-state index contributed by atoms with van der Waals surface area (Å²) >= 11 is 6.46. The molecule has 1 atom stereocenters. The SMILES string of the molecule is [C-]#[N+]C1CCCN(c2ncnc3cc(-c4nc(N)cc(C)c4C(F)(F)F)c(Cl)cc23)C1. The first-order valence-corrected chi connectivity index (χ1v) is 9.97. The summed E-state index contributed by atoms with van der Waals surface area (Å²) in [6, 6.07) is 4.10. The largest absolute Gasteiger partial charge is 0.418 e. The van der Waals surface area contributed by atoms with E-state index in [1.807, 2.05) is 4.90 Å². The van der Waals surface area contributed by atoms with E-state index in [0.29, 0.717) is 23.3 Å². The van der Waals surface area contributed by atoms with E-state index in [1.54, 1.807) is 6.07 Å². The number of halogens is 4. The molecule has 0 amide bonds. The number of pyridine rings is 1. The molecule has 0 spiro atoms. The Labute approximate surface area is 181 Å². The number of nitrogen functional groups attached to an aromatic ring is 1. The fourth-order valence-electron chi connectivity index (χ4n) is 4.00. The van der Waals surface area contributed by atoms with Crippen LogP contribution >= 0.6 is 11.6 Å². The van der Waals surface area contributed by atoms with Gasteiger partial charge >= 0.3 is 6.18 Å². The van der Waals surface area contributed by atoms with Crippen molar-refractivity contribution in [1.29, 1.82) is 0 Å². The molecule has 160 valence electrons. The topological polar surface area (TPSA) is 72.3 Å². The predicted octanol–water partition coefficient (Wildman–Crippen LogP) is 5.14. The average Bonchev–Trinajstić information content (AvgIpc) is 2.71. The minimum atomic E-state index is -4.63. The van der Waals surface area contributed by atoms with Gasteiger partial charge in [0.1, 0.15) is 18.0 Å². The van der Waals surface area contributed by atoms with E-state index in [4.69, 9.17) is 23.9 Å². The molecule has 4 rings (SSSR count). The summed E-state index contributed by atoms with van der Waals surface area (Å²) in [4.78, 5) is 18.2. The first kappa shape index (κ1) is 21.1. The van der Waals surface area contributed by atoms with E-state index in [1.165, 1.54) is 25.4 Å². The van der Waals surface area contributed by atoms with Crippen LogP contribution in [-0.2, 0) is 6.18 Å². The highest BCUT2D eigenvalue weighted by Crippen LogP contribution is 2.42. The molecule has 0 aliphatic carbocycles. The molecular weight excluding hydrogens is 429 g/mol. The standard InChI is InChI=1S/C21H18ClF3N6/c1-11-6-17(26)30-19(18(11)21(23,24)25)13-8-16-14(7-15(13)22)20(29-10-28-16)31-5-3-4-12(9-31)27-2/h6-8,10,12H,3-5,9H2,1H3,(H2,26,30). The summed E-state index contributed by atoms with van der Waals surface area (Å²) < 4.78 is 41.3. The highest BCUT2D eigenvalue weighted by atomic mass is 35.5. The van der Waals surface area contributed by atoms with Crippen LogP contribution in [0.2, 0.25) is 5.02 Å². The molecule has 1 aliphatic heterocycles. The van der Waals surface area contributed by atoms with Gasteiger partial charge in [0.15, 0.2) is 0 Å². The van der Waals surface area contributed by atoms with Crippen LogP contribution in [0.1, 0.15) is 24.0 Å². The molecule has 3 aromatic rings. The number of fused-ring (bicyclic) bond motifs is 1. The lowest BCUT2D eigenvalue weighted by Gasteiger charge is -2.29. The highest BCUT2D eigenvalue weighted by Gasteiger charge is 2.37. The van der Waals surface area contributed by atoms with Crippen molar-refractivity contribution in [2.45, 2.75) is 32.0 Å². The van der Waals surface area contributed by atoms with E-state index in [0.717, 1.165) is 19.4 Å². The number of aryl methyl sites for hydroxylation is 1. The highest BCUT2D eigenvalue weighted by molar-refractivity contribution is 6.34. The number of rotatable bonds is 2. The molecule has 0 radical (unpaired) electrons. The van der Waals surface area contributed by atoms with E-state index in [2.05, 4.69) is 19.8 Å². The number of nitrogens with zero attached hydrogens (tertiary/aromatic N) is 5. The van der Waals surface area contributed by atoms with Crippen molar-refractivity contribution in [3.63, 3.8) is 0 Å². The number of anilines is 2. The van der Waals surface area contributed by atoms with E-state index >= 15 is 0 Å². The van der Waals surface area contributed by atoms with Crippen molar-refractivity contribution in [2.24, 2.45) is 0 Å². The second-order valence-corrected chi connectivity index (χ2v) is 7.91. The molecule has 1 aromatic carbocycles. The molecule has 1 unspecified atom stereocenters. The molecule has 0 bridgehead atoms. The summed E-state index contributed by atoms with van der Waals surface area (Å²) in [5.41, 5.74) is 5.03. The number of alkyl halides is 3. The molecule has 2 N–H and O–H groups in total. The molecule has 6 nitrogen and oxygen atoms in total. The second-order valence-electron chi connectivity index (χ2n) is 7.50. The van der Waals surface area contributed by atoms with Gasteiger partial charge in [-0.05, 0) is 37.1 Å². The number of hydrogen-bond acceptors (Lipinski definition) is 5. The van der Waals surface area contributed by atoms with Gasteiger partial charge in [-0.2, -0.15) is 13.2 Å².